The van der Waals surface area contributed by atoms with E-state index in [9.17, 15) is 4.79 Å². The van der Waals surface area contributed by atoms with Gasteiger partial charge in [0.25, 0.3) is 0 Å². The molecule has 2 aromatic heterocycles. The topological polar surface area (TPSA) is 60.7 Å². The van der Waals surface area contributed by atoms with Crippen molar-refractivity contribution in [2.45, 2.75) is 6.92 Å². The monoisotopic (exact) mass is 354 g/mol. The van der Waals surface area contributed by atoms with Crippen LogP contribution < -0.4 is 0 Å². The third kappa shape index (κ3) is 2.45. The molecule has 3 aromatic rings. The lowest BCUT2D eigenvalue weighted by molar-refractivity contribution is 0.103. The molecule has 0 unspecified atom stereocenters. The number of ketones is 1. The van der Waals surface area contributed by atoms with Gasteiger partial charge in [-0.05, 0) is 19.1 Å². The number of carbonyl (C=O) groups is 1. The van der Waals surface area contributed by atoms with Crippen molar-refractivity contribution in [2.75, 3.05) is 0 Å². The summed E-state index contributed by atoms with van der Waals surface area (Å²) >= 11 is 18.2. The number of aryl methyl sites for hydroxylation is 2. The Morgan fingerprint density at radius 3 is 2.59 bits per heavy atom. The summed E-state index contributed by atoms with van der Waals surface area (Å²) in [5.41, 5.74) is 1.44. The van der Waals surface area contributed by atoms with Crippen molar-refractivity contribution in [3.63, 3.8) is 0 Å². The average Bonchev–Trinajstić information content (AvgIpc) is 2.84. The number of halogens is 3. The Labute approximate surface area is 140 Å². The fourth-order valence-electron chi connectivity index (χ4n) is 2.11. The Bertz CT molecular complexity index is 920. The molecule has 0 bridgehead atoms. The zero-order chi connectivity index (χ0) is 16.0. The molecule has 22 heavy (non-hydrogen) atoms. The summed E-state index contributed by atoms with van der Waals surface area (Å²) in [6.07, 6.45) is 1.74. The van der Waals surface area contributed by atoms with Gasteiger partial charge in [0, 0.05) is 24.2 Å². The standard InChI is InChI=1S/C14H9Cl3N4O/c1-6-13(16)19-14(17)11(18-6)12(22)7-3-4-9-8(10(7)15)5-21(2)20-9/h3-5H,1-2H3. The van der Waals surface area contributed by atoms with E-state index in [0.29, 0.717) is 27.2 Å². The van der Waals surface area contributed by atoms with E-state index in [-0.39, 0.29) is 16.0 Å². The zero-order valence-corrected chi connectivity index (χ0v) is 13.8. The van der Waals surface area contributed by atoms with Gasteiger partial charge in [0.2, 0.25) is 5.78 Å². The van der Waals surface area contributed by atoms with Crippen LogP contribution in [0.1, 0.15) is 21.7 Å². The number of aromatic nitrogens is 4. The van der Waals surface area contributed by atoms with Crippen LogP contribution in [0, 0.1) is 6.92 Å². The van der Waals surface area contributed by atoms with Gasteiger partial charge in [0.15, 0.2) is 10.3 Å². The second-order valence-corrected chi connectivity index (χ2v) is 5.83. The average molecular weight is 356 g/mol. The van der Waals surface area contributed by atoms with Gasteiger partial charge < -0.3 is 0 Å². The van der Waals surface area contributed by atoms with E-state index in [1.807, 2.05) is 0 Å². The van der Waals surface area contributed by atoms with Crippen molar-refractivity contribution in [3.05, 3.63) is 50.6 Å². The van der Waals surface area contributed by atoms with Crippen molar-refractivity contribution in [1.82, 2.24) is 19.7 Å². The molecule has 0 amide bonds. The summed E-state index contributed by atoms with van der Waals surface area (Å²) < 4.78 is 1.63. The summed E-state index contributed by atoms with van der Waals surface area (Å²) in [6, 6.07) is 3.32. The molecular formula is C14H9Cl3N4O. The molecule has 5 nitrogen and oxygen atoms in total. The highest BCUT2D eigenvalue weighted by atomic mass is 35.5. The molecule has 2 heterocycles. The molecule has 0 spiro atoms. The lowest BCUT2D eigenvalue weighted by atomic mass is 10.1. The van der Waals surface area contributed by atoms with E-state index < -0.39 is 5.78 Å². The van der Waals surface area contributed by atoms with Crippen molar-refractivity contribution in [2.24, 2.45) is 7.05 Å². The number of benzene rings is 1. The van der Waals surface area contributed by atoms with Crippen LogP contribution in [0.5, 0.6) is 0 Å². The van der Waals surface area contributed by atoms with Crippen molar-refractivity contribution in [1.29, 1.82) is 0 Å². The fourth-order valence-corrected chi connectivity index (χ4v) is 2.78. The summed E-state index contributed by atoms with van der Waals surface area (Å²) in [5.74, 6) is -0.409. The number of hydrogen-bond acceptors (Lipinski definition) is 4. The van der Waals surface area contributed by atoms with Gasteiger partial charge in [-0.2, -0.15) is 5.10 Å². The summed E-state index contributed by atoms with van der Waals surface area (Å²) in [5, 5.41) is 5.34. The van der Waals surface area contributed by atoms with Crippen LogP contribution in [-0.2, 0) is 7.05 Å². The van der Waals surface area contributed by atoms with Crippen LogP contribution in [0.15, 0.2) is 18.3 Å². The Kier molecular flexibility index (Phi) is 3.80. The molecule has 8 heteroatoms. The van der Waals surface area contributed by atoms with E-state index in [2.05, 4.69) is 15.1 Å². The first-order chi connectivity index (χ1) is 10.4. The minimum absolute atomic E-state index is 0.0220. The first-order valence-electron chi connectivity index (χ1n) is 6.24. The van der Waals surface area contributed by atoms with E-state index in [1.165, 1.54) is 0 Å². The Balaban J connectivity index is 2.17. The molecule has 0 radical (unpaired) electrons. The number of hydrogen-bond donors (Lipinski definition) is 0. The van der Waals surface area contributed by atoms with Crippen LogP contribution in [0.4, 0.5) is 0 Å². The quantitative estimate of drug-likeness (QED) is 0.655. The first kappa shape index (κ1) is 15.2. The number of nitrogens with zero attached hydrogens (tertiary/aromatic N) is 4. The predicted molar refractivity (Wildman–Crippen MR) is 85.9 cm³/mol. The normalized spacial score (nSPS) is 11.1. The van der Waals surface area contributed by atoms with Crippen molar-refractivity contribution < 1.29 is 4.79 Å². The molecule has 0 aliphatic rings. The van der Waals surface area contributed by atoms with Gasteiger partial charge in [0.1, 0.15) is 5.69 Å². The van der Waals surface area contributed by atoms with Gasteiger partial charge in [-0.3, -0.25) is 9.48 Å². The fraction of sp³-hybridized carbons (Fsp3) is 0.143. The first-order valence-corrected chi connectivity index (χ1v) is 7.38. The second kappa shape index (κ2) is 5.50. The summed E-state index contributed by atoms with van der Waals surface area (Å²) in [7, 11) is 1.78. The van der Waals surface area contributed by atoms with E-state index >= 15 is 0 Å². The third-order valence-electron chi connectivity index (χ3n) is 3.17. The number of carbonyl (C=O) groups excluding carboxylic acids is 1. The van der Waals surface area contributed by atoms with Gasteiger partial charge >= 0.3 is 0 Å². The molecular weight excluding hydrogens is 347 g/mol. The number of fused-ring (bicyclic) bond motifs is 1. The van der Waals surface area contributed by atoms with E-state index in [1.54, 1.807) is 37.0 Å². The molecule has 1 aromatic carbocycles. The smallest absolute Gasteiger partial charge is 0.216 e. The molecule has 0 saturated carbocycles. The lowest BCUT2D eigenvalue weighted by Crippen LogP contribution is -2.08. The maximum Gasteiger partial charge on any atom is 0.216 e. The second-order valence-electron chi connectivity index (χ2n) is 4.73. The molecule has 0 N–H and O–H groups in total. The lowest BCUT2D eigenvalue weighted by Gasteiger charge is -2.06. The largest absolute Gasteiger partial charge is 0.287 e. The van der Waals surface area contributed by atoms with Crippen molar-refractivity contribution >= 4 is 51.5 Å². The van der Waals surface area contributed by atoms with Crippen molar-refractivity contribution in [3.8, 4) is 0 Å². The maximum atomic E-state index is 12.7. The highest BCUT2D eigenvalue weighted by Crippen LogP contribution is 2.29. The summed E-state index contributed by atoms with van der Waals surface area (Å²) in [4.78, 5) is 20.7. The van der Waals surface area contributed by atoms with E-state index in [4.69, 9.17) is 34.8 Å². The molecule has 0 atom stereocenters. The van der Waals surface area contributed by atoms with E-state index in [0.717, 1.165) is 0 Å². The van der Waals surface area contributed by atoms with Crippen LogP contribution in [0.25, 0.3) is 10.9 Å². The van der Waals surface area contributed by atoms with Crippen LogP contribution in [-0.4, -0.2) is 25.5 Å². The molecule has 112 valence electrons. The maximum absolute atomic E-state index is 12.7. The minimum atomic E-state index is -0.409. The minimum Gasteiger partial charge on any atom is -0.287 e. The molecule has 0 aliphatic heterocycles. The third-order valence-corrected chi connectivity index (χ3v) is 4.20. The van der Waals surface area contributed by atoms with Crippen LogP contribution in [0.2, 0.25) is 15.3 Å². The number of rotatable bonds is 2. The highest BCUT2D eigenvalue weighted by Gasteiger charge is 2.21. The molecule has 0 aliphatic carbocycles. The molecule has 0 saturated heterocycles. The van der Waals surface area contributed by atoms with Gasteiger partial charge in [-0.1, -0.05) is 34.8 Å². The van der Waals surface area contributed by atoms with Gasteiger partial charge in [-0.15, -0.1) is 0 Å². The highest BCUT2D eigenvalue weighted by molar-refractivity contribution is 6.40. The summed E-state index contributed by atoms with van der Waals surface area (Å²) in [6.45, 7) is 1.65. The molecule has 0 fully saturated rings. The van der Waals surface area contributed by atoms with Crippen LogP contribution in [0.3, 0.4) is 0 Å². The molecule has 3 rings (SSSR count). The van der Waals surface area contributed by atoms with Crippen LogP contribution >= 0.6 is 34.8 Å². The predicted octanol–water partition coefficient (Wildman–Crippen LogP) is 3.86. The van der Waals surface area contributed by atoms with Gasteiger partial charge in [0.05, 0.1) is 16.2 Å². The Morgan fingerprint density at radius 2 is 1.86 bits per heavy atom. The Morgan fingerprint density at radius 1 is 1.14 bits per heavy atom. The SMILES string of the molecule is Cc1nc(C(=O)c2ccc3nn(C)cc3c2Cl)c(Cl)nc1Cl. The zero-order valence-electron chi connectivity index (χ0n) is 11.6. The Hall–Kier alpha value is -1.69. The van der Waals surface area contributed by atoms with Gasteiger partial charge in [-0.25, -0.2) is 9.97 Å².